The van der Waals surface area contributed by atoms with Crippen LogP contribution in [0.1, 0.15) is 22.8 Å². The molecule has 0 unspecified atom stereocenters. The molecule has 0 atom stereocenters. The van der Waals surface area contributed by atoms with Gasteiger partial charge in [0.2, 0.25) is 0 Å². The highest BCUT2D eigenvalue weighted by Gasteiger charge is 2.03. The summed E-state index contributed by atoms with van der Waals surface area (Å²) in [5.41, 5.74) is 5.20. The second kappa shape index (κ2) is 8.11. The molecule has 3 aromatic carbocycles. The van der Waals surface area contributed by atoms with Crippen LogP contribution < -0.4 is 5.32 Å². The SMILES string of the molecule is CCc1ccccc1N/C=C/C(=O)c1ccc(-c2ccccc2)cc1. The van der Waals surface area contributed by atoms with Crippen molar-refractivity contribution in [1.82, 2.24) is 0 Å². The smallest absolute Gasteiger partial charge is 0.187 e. The van der Waals surface area contributed by atoms with Crippen molar-refractivity contribution >= 4 is 11.5 Å². The third kappa shape index (κ3) is 4.24. The number of allylic oxidation sites excluding steroid dienone is 1. The number of para-hydroxylation sites is 1. The van der Waals surface area contributed by atoms with Gasteiger partial charge >= 0.3 is 0 Å². The molecule has 0 spiro atoms. The Kier molecular flexibility index (Phi) is 5.43. The van der Waals surface area contributed by atoms with Crippen molar-refractivity contribution in [2.45, 2.75) is 13.3 Å². The molecule has 3 rings (SSSR count). The molecule has 2 nitrogen and oxygen atoms in total. The molecule has 0 aliphatic heterocycles. The highest BCUT2D eigenvalue weighted by molar-refractivity contribution is 6.04. The van der Waals surface area contributed by atoms with E-state index in [1.165, 1.54) is 5.56 Å². The maximum atomic E-state index is 12.3. The molecule has 1 N–H and O–H groups in total. The fourth-order valence-corrected chi connectivity index (χ4v) is 2.73. The third-order valence-corrected chi connectivity index (χ3v) is 4.15. The fourth-order valence-electron chi connectivity index (χ4n) is 2.73. The summed E-state index contributed by atoms with van der Waals surface area (Å²) in [5.74, 6) is -0.0129. The van der Waals surface area contributed by atoms with E-state index in [0.29, 0.717) is 5.56 Å². The van der Waals surface area contributed by atoms with Crippen LogP contribution in [0.5, 0.6) is 0 Å². The lowest BCUT2D eigenvalue weighted by atomic mass is 10.0. The van der Waals surface area contributed by atoms with Gasteiger partial charge in [0, 0.05) is 23.5 Å². The fraction of sp³-hybridized carbons (Fsp3) is 0.0870. The van der Waals surface area contributed by atoms with Gasteiger partial charge in [0.25, 0.3) is 0 Å². The first-order valence-corrected chi connectivity index (χ1v) is 8.48. The zero-order valence-corrected chi connectivity index (χ0v) is 14.3. The average molecular weight is 327 g/mol. The number of carbonyl (C=O) groups excluding carboxylic acids is 1. The van der Waals surface area contributed by atoms with Crippen LogP contribution in [0, 0.1) is 0 Å². The van der Waals surface area contributed by atoms with E-state index < -0.39 is 0 Å². The van der Waals surface area contributed by atoms with Crippen molar-refractivity contribution in [2.24, 2.45) is 0 Å². The molecule has 0 heterocycles. The molecular weight excluding hydrogens is 306 g/mol. The third-order valence-electron chi connectivity index (χ3n) is 4.15. The van der Waals surface area contributed by atoms with Crippen molar-refractivity contribution < 1.29 is 4.79 Å². The number of hydrogen-bond acceptors (Lipinski definition) is 2. The van der Waals surface area contributed by atoms with Crippen molar-refractivity contribution in [3.63, 3.8) is 0 Å². The Morgan fingerprint density at radius 1 is 0.840 bits per heavy atom. The standard InChI is InChI=1S/C23H21NO/c1-2-18-8-6-7-11-22(18)24-17-16-23(25)21-14-12-20(13-15-21)19-9-4-3-5-10-19/h3-17,24H,2H2,1H3/b17-16+. The minimum absolute atomic E-state index is 0.0129. The van der Waals surface area contributed by atoms with E-state index in [1.807, 2.05) is 60.7 Å². The van der Waals surface area contributed by atoms with Crippen molar-refractivity contribution in [3.8, 4) is 11.1 Å². The molecule has 0 saturated heterocycles. The second-order valence-electron chi connectivity index (χ2n) is 5.80. The molecule has 0 aliphatic rings. The number of nitrogens with one attached hydrogen (secondary N) is 1. The van der Waals surface area contributed by atoms with Crippen LogP contribution in [0.25, 0.3) is 11.1 Å². The zero-order chi connectivity index (χ0) is 17.5. The lowest BCUT2D eigenvalue weighted by molar-refractivity contribution is 0.104. The molecule has 0 fully saturated rings. The normalized spacial score (nSPS) is 10.8. The number of rotatable bonds is 6. The first kappa shape index (κ1) is 16.7. The van der Waals surface area contributed by atoms with E-state index in [0.717, 1.165) is 23.2 Å². The Hall–Kier alpha value is -3.13. The van der Waals surface area contributed by atoms with E-state index in [4.69, 9.17) is 0 Å². The number of aryl methyl sites for hydroxylation is 1. The lowest BCUT2D eigenvalue weighted by Crippen LogP contribution is -1.97. The van der Waals surface area contributed by atoms with Gasteiger partial charge in [0.1, 0.15) is 0 Å². The minimum Gasteiger partial charge on any atom is -0.361 e. The molecule has 124 valence electrons. The van der Waals surface area contributed by atoms with Crippen LogP contribution in [0.15, 0.2) is 91.1 Å². The molecule has 25 heavy (non-hydrogen) atoms. The zero-order valence-electron chi connectivity index (χ0n) is 14.3. The second-order valence-corrected chi connectivity index (χ2v) is 5.80. The Labute approximate surface area is 148 Å². The highest BCUT2D eigenvalue weighted by atomic mass is 16.1. The number of benzene rings is 3. The summed E-state index contributed by atoms with van der Waals surface area (Å²) in [6.45, 7) is 2.11. The van der Waals surface area contributed by atoms with E-state index >= 15 is 0 Å². The van der Waals surface area contributed by atoms with Gasteiger partial charge < -0.3 is 5.32 Å². The molecule has 0 saturated carbocycles. The molecular formula is C23H21NO. The largest absolute Gasteiger partial charge is 0.361 e. The van der Waals surface area contributed by atoms with Crippen LogP contribution in [0.4, 0.5) is 5.69 Å². The molecule has 0 bridgehead atoms. The van der Waals surface area contributed by atoms with Crippen LogP contribution >= 0.6 is 0 Å². The summed E-state index contributed by atoms with van der Waals surface area (Å²) < 4.78 is 0. The Morgan fingerprint density at radius 3 is 2.20 bits per heavy atom. The van der Waals surface area contributed by atoms with Crippen molar-refractivity contribution in [2.75, 3.05) is 5.32 Å². The minimum atomic E-state index is -0.0129. The average Bonchev–Trinajstić information content (AvgIpc) is 2.69. The quantitative estimate of drug-likeness (QED) is 0.463. The first-order chi connectivity index (χ1) is 12.3. The summed E-state index contributed by atoms with van der Waals surface area (Å²) in [6, 6.07) is 26.0. The summed E-state index contributed by atoms with van der Waals surface area (Å²) in [7, 11) is 0. The maximum absolute atomic E-state index is 12.3. The van der Waals surface area contributed by atoms with Crippen molar-refractivity contribution in [3.05, 3.63) is 102 Å². The Morgan fingerprint density at radius 2 is 1.48 bits per heavy atom. The van der Waals surface area contributed by atoms with E-state index in [-0.39, 0.29) is 5.78 Å². The van der Waals surface area contributed by atoms with Crippen LogP contribution in [0.2, 0.25) is 0 Å². The number of carbonyl (C=O) groups is 1. The number of hydrogen-bond donors (Lipinski definition) is 1. The van der Waals surface area contributed by atoms with Gasteiger partial charge in [-0.3, -0.25) is 4.79 Å². The predicted molar refractivity (Wildman–Crippen MR) is 105 cm³/mol. The van der Waals surface area contributed by atoms with Gasteiger partial charge in [-0.1, -0.05) is 79.7 Å². The lowest BCUT2D eigenvalue weighted by Gasteiger charge is -2.06. The summed E-state index contributed by atoms with van der Waals surface area (Å²) in [6.07, 6.45) is 4.23. The topological polar surface area (TPSA) is 29.1 Å². The molecule has 2 heteroatoms. The summed E-state index contributed by atoms with van der Waals surface area (Å²) in [4.78, 5) is 12.3. The van der Waals surface area contributed by atoms with Gasteiger partial charge in [-0.25, -0.2) is 0 Å². The number of ketones is 1. The summed E-state index contributed by atoms with van der Waals surface area (Å²) >= 11 is 0. The van der Waals surface area contributed by atoms with E-state index in [9.17, 15) is 4.79 Å². The molecule has 0 amide bonds. The Balaban J connectivity index is 1.67. The summed E-state index contributed by atoms with van der Waals surface area (Å²) in [5, 5.41) is 3.20. The molecule has 3 aromatic rings. The monoisotopic (exact) mass is 327 g/mol. The van der Waals surface area contributed by atoms with Crippen LogP contribution in [-0.4, -0.2) is 5.78 Å². The van der Waals surface area contributed by atoms with E-state index in [1.54, 1.807) is 12.3 Å². The molecule has 0 aromatic heterocycles. The van der Waals surface area contributed by atoms with E-state index in [2.05, 4.69) is 30.4 Å². The first-order valence-electron chi connectivity index (χ1n) is 8.48. The Bertz CT molecular complexity index is 864. The van der Waals surface area contributed by atoms with Crippen LogP contribution in [0.3, 0.4) is 0 Å². The van der Waals surface area contributed by atoms with Gasteiger partial charge in [0.15, 0.2) is 5.78 Å². The molecule has 0 aliphatic carbocycles. The van der Waals surface area contributed by atoms with Gasteiger partial charge in [-0.2, -0.15) is 0 Å². The van der Waals surface area contributed by atoms with Gasteiger partial charge in [-0.15, -0.1) is 0 Å². The highest BCUT2D eigenvalue weighted by Crippen LogP contribution is 2.19. The van der Waals surface area contributed by atoms with Gasteiger partial charge in [0.05, 0.1) is 0 Å². The maximum Gasteiger partial charge on any atom is 0.187 e. The predicted octanol–water partition coefficient (Wildman–Crippen LogP) is 5.72. The molecule has 0 radical (unpaired) electrons. The van der Waals surface area contributed by atoms with Gasteiger partial charge in [-0.05, 0) is 29.2 Å². The van der Waals surface area contributed by atoms with Crippen molar-refractivity contribution in [1.29, 1.82) is 0 Å². The van der Waals surface area contributed by atoms with Crippen LogP contribution in [-0.2, 0) is 6.42 Å². The number of anilines is 1.